The molecule has 0 aromatic heterocycles. The maximum absolute atomic E-state index is 14.6. The number of hydrogen-bond donors (Lipinski definition) is 0. The average molecular weight is 684 g/mol. The number of amides is 2. The topological polar surface area (TPSA) is 92.8 Å². The van der Waals surface area contributed by atoms with E-state index in [1.807, 2.05) is 60.7 Å². The number of nitrogens with zero attached hydrogens (tertiary/aromatic N) is 1. The van der Waals surface area contributed by atoms with Crippen LogP contribution in [0.1, 0.15) is 52.7 Å². The number of likely N-dealkylation sites (tertiary alicyclic amines) is 1. The predicted octanol–water partition coefficient (Wildman–Crippen LogP) is 6.43. The van der Waals surface area contributed by atoms with E-state index in [0.717, 1.165) is 11.1 Å². The van der Waals surface area contributed by atoms with Crippen LogP contribution in [0, 0.1) is 0 Å². The summed E-state index contributed by atoms with van der Waals surface area (Å²) in [7, 11) is -4.90. The van der Waals surface area contributed by atoms with Gasteiger partial charge in [-0.15, -0.1) is 0 Å². The highest BCUT2D eigenvalue weighted by Gasteiger charge is 2.63. The molecule has 3 saturated heterocycles. The fourth-order valence-corrected chi connectivity index (χ4v) is 8.33. The van der Waals surface area contributed by atoms with E-state index in [4.69, 9.17) is 27.8 Å². The van der Waals surface area contributed by atoms with Gasteiger partial charge in [-0.3, -0.25) is 14.5 Å². The SMILES string of the molecule is CC(C)(C)[Si](C)(C)O[C@H]1[C@@H]2OC[C@@H](O2)[C@@H](O[Si](C)(C)C(C)(C)C)[C@@H]1N1C(=O)[C@H](OCc2ccccc2)[C@@H](OCc2ccccc2)C1=O. The van der Waals surface area contributed by atoms with E-state index in [1.165, 1.54) is 4.90 Å². The van der Waals surface area contributed by atoms with Crippen LogP contribution in [0.3, 0.4) is 0 Å². The fraction of sp³-hybridized carbons (Fsp3) is 0.611. The van der Waals surface area contributed by atoms with Gasteiger partial charge in [-0.05, 0) is 47.4 Å². The van der Waals surface area contributed by atoms with Crippen molar-refractivity contribution in [1.82, 2.24) is 4.90 Å². The van der Waals surface area contributed by atoms with Gasteiger partial charge >= 0.3 is 0 Å². The fourth-order valence-electron chi connectivity index (χ4n) is 5.73. The number of ether oxygens (including phenoxy) is 4. The van der Waals surface area contributed by atoms with E-state index in [-0.39, 0.29) is 29.9 Å². The Kier molecular flexibility index (Phi) is 10.4. The second kappa shape index (κ2) is 13.6. The molecule has 9 nitrogen and oxygen atoms in total. The Morgan fingerprint density at radius 2 is 1.13 bits per heavy atom. The van der Waals surface area contributed by atoms with Crippen LogP contribution < -0.4 is 0 Å². The van der Waals surface area contributed by atoms with E-state index in [0.29, 0.717) is 0 Å². The summed E-state index contributed by atoms with van der Waals surface area (Å²) in [6.45, 7) is 22.2. The third-order valence-corrected chi connectivity index (χ3v) is 19.5. The molecule has 0 saturated carbocycles. The van der Waals surface area contributed by atoms with E-state index < -0.39 is 71.3 Å². The molecule has 5 rings (SSSR count). The van der Waals surface area contributed by atoms with Crippen molar-refractivity contribution in [2.24, 2.45) is 0 Å². The zero-order valence-corrected chi connectivity index (χ0v) is 31.6. The van der Waals surface area contributed by atoms with Crippen LogP contribution in [0.25, 0.3) is 0 Å². The van der Waals surface area contributed by atoms with Gasteiger partial charge in [0.15, 0.2) is 35.1 Å². The lowest BCUT2D eigenvalue weighted by Crippen LogP contribution is -2.68. The van der Waals surface area contributed by atoms with Gasteiger partial charge in [-0.1, -0.05) is 102 Å². The van der Waals surface area contributed by atoms with Crippen molar-refractivity contribution >= 4 is 28.4 Å². The van der Waals surface area contributed by atoms with Crippen LogP contribution >= 0.6 is 0 Å². The first-order chi connectivity index (χ1) is 21.9. The summed E-state index contributed by atoms with van der Waals surface area (Å²) < 4.78 is 39.3. The van der Waals surface area contributed by atoms with Gasteiger partial charge in [-0.25, -0.2) is 0 Å². The molecule has 47 heavy (non-hydrogen) atoms. The van der Waals surface area contributed by atoms with E-state index in [2.05, 4.69) is 67.7 Å². The Morgan fingerprint density at radius 3 is 1.55 bits per heavy atom. The zero-order chi connectivity index (χ0) is 34.4. The molecule has 2 aromatic carbocycles. The molecular formula is C36H53NO8Si2. The normalized spacial score (nSPS) is 28.7. The molecule has 7 atom stereocenters. The molecule has 11 heteroatoms. The van der Waals surface area contributed by atoms with Crippen molar-refractivity contribution in [2.75, 3.05) is 6.61 Å². The highest BCUT2D eigenvalue weighted by molar-refractivity contribution is 6.74. The molecule has 3 aliphatic heterocycles. The summed E-state index contributed by atoms with van der Waals surface area (Å²) in [5.74, 6) is -0.911. The second-order valence-corrected chi connectivity index (χ2v) is 25.5. The quantitative estimate of drug-likeness (QED) is 0.198. The maximum Gasteiger partial charge on any atom is 0.262 e. The molecule has 0 unspecified atom stereocenters. The summed E-state index contributed by atoms with van der Waals surface area (Å²) >= 11 is 0. The van der Waals surface area contributed by atoms with E-state index in [1.54, 1.807) is 0 Å². The minimum absolute atomic E-state index is 0.134. The average Bonchev–Trinajstić information content (AvgIpc) is 3.53. The first kappa shape index (κ1) is 36.1. The molecule has 2 bridgehead atoms. The zero-order valence-electron chi connectivity index (χ0n) is 29.6. The third-order valence-electron chi connectivity index (χ3n) is 10.6. The minimum Gasteiger partial charge on any atom is -0.409 e. The monoisotopic (exact) mass is 683 g/mol. The predicted molar refractivity (Wildman–Crippen MR) is 184 cm³/mol. The Hall–Kier alpha value is -2.23. The number of rotatable bonds is 11. The summed E-state index contributed by atoms with van der Waals surface area (Å²) in [5.41, 5.74) is 1.78. The Labute approximate surface area is 282 Å². The van der Waals surface area contributed by atoms with Gasteiger partial charge < -0.3 is 27.8 Å². The summed E-state index contributed by atoms with van der Waals surface area (Å²) in [6.07, 6.45) is -4.90. The maximum atomic E-state index is 14.6. The smallest absolute Gasteiger partial charge is 0.262 e. The standard InChI is InChI=1S/C36H53NO8Si2/c1-35(2,3)46(7,8)44-28-26-23-42-34(43-26)29(45-47(9,10)36(4,5)6)27(28)37-32(38)30(40-21-24-17-13-11-14-18-24)31(33(37)39)41-22-25-19-15-12-16-20-25/h11-20,26-31,34H,21-23H2,1-10H3/t26-,27+,28-,29-,30-,31-,34-/m1/s1. The van der Waals surface area contributed by atoms with Crippen molar-refractivity contribution < 1.29 is 37.4 Å². The van der Waals surface area contributed by atoms with Crippen LogP contribution in [0.5, 0.6) is 0 Å². The first-order valence-electron chi connectivity index (χ1n) is 16.7. The molecule has 0 N–H and O–H groups in total. The highest BCUT2D eigenvalue weighted by atomic mass is 28.4. The number of carbonyl (C=O) groups excluding carboxylic acids is 2. The molecule has 3 aliphatic rings. The number of carbonyl (C=O) groups is 2. The van der Waals surface area contributed by atoms with Crippen molar-refractivity contribution in [3.05, 3.63) is 71.8 Å². The number of imide groups is 1. The minimum atomic E-state index is -2.46. The van der Waals surface area contributed by atoms with Crippen molar-refractivity contribution in [3.8, 4) is 0 Å². The van der Waals surface area contributed by atoms with Crippen LogP contribution in [0.4, 0.5) is 0 Å². The van der Waals surface area contributed by atoms with Crippen molar-refractivity contribution in [2.45, 2.75) is 134 Å². The Balaban J connectivity index is 1.55. The Morgan fingerprint density at radius 1 is 0.702 bits per heavy atom. The van der Waals surface area contributed by atoms with Gasteiger partial charge in [0.05, 0.1) is 32.0 Å². The van der Waals surface area contributed by atoms with Crippen LogP contribution in [-0.4, -0.2) is 82.8 Å². The second-order valence-electron chi connectivity index (χ2n) is 16.0. The molecule has 2 aromatic rings. The lowest BCUT2D eigenvalue weighted by Gasteiger charge is -2.51. The Bertz CT molecular complexity index is 1290. The van der Waals surface area contributed by atoms with Crippen molar-refractivity contribution in [3.63, 3.8) is 0 Å². The molecular weight excluding hydrogens is 631 g/mol. The molecule has 0 aliphatic carbocycles. The lowest BCUT2D eigenvalue weighted by molar-refractivity contribution is -0.207. The molecule has 258 valence electrons. The third kappa shape index (κ3) is 7.52. The van der Waals surface area contributed by atoms with Gasteiger partial charge in [-0.2, -0.15) is 0 Å². The van der Waals surface area contributed by atoms with Crippen LogP contribution in [0.15, 0.2) is 60.7 Å². The van der Waals surface area contributed by atoms with Gasteiger partial charge in [0.2, 0.25) is 0 Å². The van der Waals surface area contributed by atoms with Crippen molar-refractivity contribution in [1.29, 1.82) is 0 Å². The number of fused-ring (bicyclic) bond motifs is 2. The largest absolute Gasteiger partial charge is 0.409 e. The number of hydrogen-bond acceptors (Lipinski definition) is 8. The first-order valence-corrected chi connectivity index (χ1v) is 22.5. The number of benzene rings is 2. The summed E-state index contributed by atoms with van der Waals surface area (Å²) in [6, 6.07) is 18.4. The van der Waals surface area contributed by atoms with Crippen LogP contribution in [-0.2, 0) is 50.6 Å². The van der Waals surface area contributed by atoms with Gasteiger partial charge in [0.25, 0.3) is 11.8 Å². The molecule has 3 fully saturated rings. The van der Waals surface area contributed by atoms with Crippen LogP contribution in [0.2, 0.25) is 36.3 Å². The van der Waals surface area contributed by atoms with Gasteiger partial charge in [0, 0.05) is 0 Å². The molecule has 0 spiro atoms. The molecule has 3 heterocycles. The summed E-state index contributed by atoms with van der Waals surface area (Å²) in [5, 5.41) is -0.282. The summed E-state index contributed by atoms with van der Waals surface area (Å²) in [4.78, 5) is 30.6. The molecule has 0 radical (unpaired) electrons. The molecule has 2 amide bonds. The van der Waals surface area contributed by atoms with Gasteiger partial charge in [0.1, 0.15) is 12.2 Å². The lowest BCUT2D eigenvalue weighted by atomic mass is 9.96. The van der Waals surface area contributed by atoms with E-state index >= 15 is 0 Å². The van der Waals surface area contributed by atoms with E-state index in [9.17, 15) is 9.59 Å². The highest BCUT2D eigenvalue weighted by Crippen LogP contribution is 2.46.